The molecule has 0 saturated heterocycles. The molecule has 0 amide bonds. The Bertz CT molecular complexity index is 1180. The molecule has 0 bridgehead atoms. The minimum absolute atomic E-state index is 0.0688. The van der Waals surface area contributed by atoms with E-state index in [0.717, 1.165) is 16.9 Å². The molecule has 0 spiro atoms. The van der Waals surface area contributed by atoms with Crippen LogP contribution in [0.15, 0.2) is 83.9 Å². The first-order chi connectivity index (χ1) is 13.6. The molecular weight excluding hydrogens is 376 g/mol. The molecule has 0 aliphatic carbocycles. The van der Waals surface area contributed by atoms with Crippen molar-refractivity contribution in [3.8, 4) is 22.8 Å². The highest BCUT2D eigenvalue weighted by molar-refractivity contribution is 7.78. The summed E-state index contributed by atoms with van der Waals surface area (Å²) < 4.78 is 23.2. The average Bonchev–Trinajstić information content (AvgIpc) is 3.19. The Kier molecular flexibility index (Phi) is 4.96. The summed E-state index contributed by atoms with van der Waals surface area (Å²) in [6.45, 7) is 0. The minimum Gasteiger partial charge on any atom is -0.306 e. The van der Waals surface area contributed by atoms with Gasteiger partial charge in [-0.15, -0.1) is 0 Å². The van der Waals surface area contributed by atoms with Crippen molar-refractivity contribution in [2.45, 2.75) is 5.75 Å². The second-order valence-electron chi connectivity index (χ2n) is 6.07. The molecule has 1 N–H and O–H groups in total. The molecule has 0 fully saturated rings. The summed E-state index contributed by atoms with van der Waals surface area (Å²) >= 11 is -1.89. The standard InChI is InChI=1S/C20H16N4O3S/c25-19-11-13-23(16-8-6-15(7-9-16)14-28(26)27)22-20(19)18-10-12-21-24(18)17-4-2-1-3-5-17/h1-13H,14H2,(H,26,27). The van der Waals surface area contributed by atoms with Crippen LogP contribution in [0.3, 0.4) is 0 Å². The predicted octanol–water partition coefficient (Wildman–Crippen LogP) is 2.81. The maximum absolute atomic E-state index is 12.5. The highest BCUT2D eigenvalue weighted by Gasteiger charge is 2.13. The lowest BCUT2D eigenvalue weighted by atomic mass is 10.2. The number of nitrogens with zero attached hydrogens (tertiary/aromatic N) is 4. The molecule has 2 aromatic heterocycles. The summed E-state index contributed by atoms with van der Waals surface area (Å²) in [5.74, 6) is 0.0688. The van der Waals surface area contributed by atoms with Crippen molar-refractivity contribution in [1.82, 2.24) is 19.6 Å². The van der Waals surface area contributed by atoms with Crippen LogP contribution in [0.5, 0.6) is 0 Å². The lowest BCUT2D eigenvalue weighted by molar-refractivity contribution is 0.563. The van der Waals surface area contributed by atoms with Crippen LogP contribution in [0.2, 0.25) is 0 Å². The molecule has 1 atom stereocenters. The van der Waals surface area contributed by atoms with Gasteiger partial charge in [-0.3, -0.25) is 4.79 Å². The number of hydrogen-bond donors (Lipinski definition) is 1. The third-order valence-corrected chi connectivity index (χ3v) is 4.77. The minimum atomic E-state index is -1.89. The molecule has 4 rings (SSSR count). The van der Waals surface area contributed by atoms with Crippen molar-refractivity contribution in [3.05, 3.63) is 94.9 Å². The monoisotopic (exact) mass is 392 g/mol. The van der Waals surface area contributed by atoms with E-state index in [2.05, 4.69) is 10.2 Å². The Morgan fingerprint density at radius 3 is 2.39 bits per heavy atom. The van der Waals surface area contributed by atoms with E-state index in [1.807, 2.05) is 30.3 Å². The van der Waals surface area contributed by atoms with E-state index < -0.39 is 11.1 Å². The average molecular weight is 392 g/mol. The quantitative estimate of drug-likeness (QED) is 0.528. The van der Waals surface area contributed by atoms with E-state index >= 15 is 0 Å². The van der Waals surface area contributed by atoms with E-state index in [1.54, 1.807) is 52.1 Å². The Labute approximate surface area is 163 Å². The molecule has 0 aliphatic rings. The van der Waals surface area contributed by atoms with Crippen LogP contribution in [-0.4, -0.2) is 28.3 Å². The van der Waals surface area contributed by atoms with Gasteiger partial charge in [-0.05, 0) is 35.9 Å². The molecule has 0 saturated carbocycles. The van der Waals surface area contributed by atoms with Crippen LogP contribution in [0, 0.1) is 0 Å². The molecule has 7 nitrogen and oxygen atoms in total. The maximum Gasteiger partial charge on any atom is 0.209 e. The summed E-state index contributed by atoms with van der Waals surface area (Å²) in [5.41, 5.74) is 2.98. The first kappa shape index (κ1) is 18.0. The molecular formula is C20H16N4O3S. The first-order valence-corrected chi connectivity index (χ1v) is 9.76. The second-order valence-corrected chi connectivity index (χ2v) is 7.00. The third kappa shape index (κ3) is 3.68. The van der Waals surface area contributed by atoms with E-state index in [1.165, 1.54) is 6.07 Å². The van der Waals surface area contributed by atoms with Crippen molar-refractivity contribution in [2.24, 2.45) is 0 Å². The van der Waals surface area contributed by atoms with E-state index in [4.69, 9.17) is 4.55 Å². The van der Waals surface area contributed by atoms with Crippen molar-refractivity contribution >= 4 is 11.1 Å². The number of rotatable bonds is 5. The topological polar surface area (TPSA) is 90.0 Å². The third-order valence-electron chi connectivity index (χ3n) is 4.19. The van der Waals surface area contributed by atoms with Gasteiger partial charge in [0.15, 0.2) is 16.8 Å². The molecule has 0 radical (unpaired) electrons. The zero-order valence-corrected chi connectivity index (χ0v) is 15.5. The van der Waals surface area contributed by atoms with Gasteiger partial charge in [-0.2, -0.15) is 10.2 Å². The van der Waals surface area contributed by atoms with Gasteiger partial charge in [-0.25, -0.2) is 13.6 Å². The highest BCUT2D eigenvalue weighted by atomic mass is 32.2. The molecule has 4 aromatic rings. The van der Waals surface area contributed by atoms with Gasteiger partial charge in [0.1, 0.15) is 0 Å². The van der Waals surface area contributed by atoms with E-state index in [-0.39, 0.29) is 16.9 Å². The molecule has 1 unspecified atom stereocenters. The van der Waals surface area contributed by atoms with Crippen LogP contribution in [-0.2, 0) is 16.8 Å². The highest BCUT2D eigenvalue weighted by Crippen LogP contribution is 2.18. The van der Waals surface area contributed by atoms with Crippen molar-refractivity contribution < 1.29 is 8.76 Å². The van der Waals surface area contributed by atoms with Gasteiger partial charge in [0.2, 0.25) is 5.43 Å². The number of para-hydroxylation sites is 1. The fourth-order valence-electron chi connectivity index (χ4n) is 2.87. The van der Waals surface area contributed by atoms with Gasteiger partial charge in [0, 0.05) is 12.3 Å². The lowest BCUT2D eigenvalue weighted by Crippen LogP contribution is -2.14. The summed E-state index contributed by atoms with van der Waals surface area (Å²) in [5, 5.41) is 8.82. The zero-order chi connectivity index (χ0) is 19.5. The molecule has 2 aromatic carbocycles. The largest absolute Gasteiger partial charge is 0.306 e. The Morgan fingerprint density at radius 1 is 0.929 bits per heavy atom. The lowest BCUT2D eigenvalue weighted by Gasteiger charge is -2.10. The second kappa shape index (κ2) is 7.71. The van der Waals surface area contributed by atoms with Crippen molar-refractivity contribution in [1.29, 1.82) is 0 Å². The van der Waals surface area contributed by atoms with Gasteiger partial charge in [-0.1, -0.05) is 30.3 Å². The van der Waals surface area contributed by atoms with Crippen molar-refractivity contribution in [3.63, 3.8) is 0 Å². The van der Waals surface area contributed by atoms with Crippen LogP contribution < -0.4 is 5.43 Å². The summed E-state index contributed by atoms with van der Waals surface area (Å²) in [6.07, 6.45) is 3.22. The fourth-order valence-corrected chi connectivity index (χ4v) is 3.35. The first-order valence-electron chi connectivity index (χ1n) is 8.48. The van der Waals surface area contributed by atoms with Crippen LogP contribution in [0.1, 0.15) is 5.56 Å². The van der Waals surface area contributed by atoms with Crippen LogP contribution in [0.25, 0.3) is 22.8 Å². The van der Waals surface area contributed by atoms with Gasteiger partial charge in [0.05, 0.1) is 29.0 Å². The van der Waals surface area contributed by atoms with Crippen LogP contribution in [0.4, 0.5) is 0 Å². The van der Waals surface area contributed by atoms with Crippen molar-refractivity contribution in [2.75, 3.05) is 0 Å². The van der Waals surface area contributed by atoms with Gasteiger partial charge < -0.3 is 4.55 Å². The summed E-state index contributed by atoms with van der Waals surface area (Å²) in [6, 6.07) is 19.8. The number of hydrogen-bond acceptors (Lipinski definition) is 4. The molecule has 2 heterocycles. The summed E-state index contributed by atoms with van der Waals surface area (Å²) in [7, 11) is 0. The van der Waals surface area contributed by atoms with Gasteiger partial charge >= 0.3 is 0 Å². The number of benzene rings is 2. The van der Waals surface area contributed by atoms with Crippen LogP contribution >= 0.6 is 0 Å². The predicted molar refractivity (Wildman–Crippen MR) is 107 cm³/mol. The smallest absolute Gasteiger partial charge is 0.209 e. The SMILES string of the molecule is O=c1ccn(-c2ccc(CS(=O)O)cc2)nc1-c1ccnn1-c1ccccc1. The maximum atomic E-state index is 12.5. The van der Waals surface area contributed by atoms with Gasteiger partial charge in [0.25, 0.3) is 0 Å². The Hall–Kier alpha value is -3.36. The molecule has 28 heavy (non-hydrogen) atoms. The molecule has 8 heteroatoms. The normalized spacial score (nSPS) is 12.0. The Morgan fingerprint density at radius 2 is 1.68 bits per heavy atom. The zero-order valence-electron chi connectivity index (χ0n) is 14.7. The van der Waals surface area contributed by atoms with E-state index in [9.17, 15) is 9.00 Å². The van der Waals surface area contributed by atoms with E-state index in [0.29, 0.717) is 5.69 Å². The number of aromatic nitrogens is 4. The molecule has 0 aliphatic heterocycles. The summed E-state index contributed by atoms with van der Waals surface area (Å²) in [4.78, 5) is 12.5. The Balaban J connectivity index is 1.74. The fraction of sp³-hybridized carbons (Fsp3) is 0.0500. The molecule has 140 valence electrons.